The lowest BCUT2D eigenvalue weighted by Gasteiger charge is -2.19. The van der Waals surface area contributed by atoms with Gasteiger partial charge in [0.2, 0.25) is 5.91 Å². The number of rotatable bonds is 5. The molecule has 0 saturated carbocycles. The van der Waals surface area contributed by atoms with Crippen molar-refractivity contribution in [1.82, 2.24) is 5.32 Å². The van der Waals surface area contributed by atoms with Crippen molar-refractivity contribution in [3.63, 3.8) is 0 Å². The van der Waals surface area contributed by atoms with Gasteiger partial charge in [-0.1, -0.05) is 6.07 Å². The van der Waals surface area contributed by atoms with Crippen LogP contribution in [0.3, 0.4) is 0 Å². The van der Waals surface area contributed by atoms with Gasteiger partial charge < -0.3 is 14.8 Å². The predicted octanol–water partition coefficient (Wildman–Crippen LogP) is 2.55. The molecule has 1 aromatic rings. The van der Waals surface area contributed by atoms with Crippen LogP contribution in [0.15, 0.2) is 24.3 Å². The van der Waals surface area contributed by atoms with Crippen LogP contribution in [0, 0.1) is 0 Å². The highest BCUT2D eigenvalue weighted by atomic mass is 16.6. The van der Waals surface area contributed by atoms with Crippen molar-refractivity contribution < 1.29 is 19.1 Å². The summed E-state index contributed by atoms with van der Waals surface area (Å²) in [5.74, 6) is 0.507. The van der Waals surface area contributed by atoms with Crippen molar-refractivity contribution >= 4 is 17.7 Å². The molecule has 0 radical (unpaired) electrons. The van der Waals surface area contributed by atoms with Gasteiger partial charge in [0.1, 0.15) is 18.0 Å². The van der Waals surface area contributed by atoms with E-state index in [1.807, 2.05) is 0 Å². The van der Waals surface area contributed by atoms with Crippen LogP contribution in [-0.2, 0) is 9.53 Å². The summed E-state index contributed by atoms with van der Waals surface area (Å²) < 4.78 is 10.6. The summed E-state index contributed by atoms with van der Waals surface area (Å²) >= 11 is 0. The fourth-order valence-electron chi connectivity index (χ4n) is 1.48. The third kappa shape index (κ3) is 7.81. The van der Waals surface area contributed by atoms with Crippen molar-refractivity contribution in [2.45, 2.75) is 33.3 Å². The van der Waals surface area contributed by atoms with Gasteiger partial charge in [0, 0.05) is 18.7 Å². The Morgan fingerprint density at radius 3 is 2.57 bits per heavy atom. The van der Waals surface area contributed by atoms with Gasteiger partial charge in [-0.05, 0) is 32.9 Å². The Balaban J connectivity index is 2.48. The van der Waals surface area contributed by atoms with E-state index in [4.69, 9.17) is 9.47 Å². The fourth-order valence-corrected chi connectivity index (χ4v) is 1.48. The van der Waals surface area contributed by atoms with E-state index in [9.17, 15) is 9.59 Å². The molecule has 116 valence electrons. The number of hydrogen-bond donors (Lipinski definition) is 2. The number of carbonyl (C=O) groups excluding carboxylic acids is 2. The Kier molecular flexibility index (Phi) is 6.02. The van der Waals surface area contributed by atoms with Gasteiger partial charge in [-0.15, -0.1) is 0 Å². The molecule has 0 bridgehead atoms. The molecular formula is C15H22N2O4. The van der Waals surface area contributed by atoms with E-state index in [1.165, 1.54) is 6.92 Å². The van der Waals surface area contributed by atoms with Gasteiger partial charge in [0.05, 0.1) is 6.54 Å². The highest BCUT2D eigenvalue weighted by Gasteiger charge is 2.16. The average Bonchev–Trinajstić information content (AvgIpc) is 2.32. The summed E-state index contributed by atoms with van der Waals surface area (Å²) in [7, 11) is 0. The molecule has 2 N–H and O–H groups in total. The van der Waals surface area contributed by atoms with Crippen LogP contribution in [0.1, 0.15) is 27.7 Å². The monoisotopic (exact) mass is 294 g/mol. The van der Waals surface area contributed by atoms with E-state index in [0.29, 0.717) is 24.6 Å². The molecule has 0 heterocycles. The summed E-state index contributed by atoms with van der Waals surface area (Å²) in [6, 6.07) is 6.97. The molecule has 21 heavy (non-hydrogen) atoms. The third-order valence-corrected chi connectivity index (χ3v) is 2.22. The molecule has 1 rings (SSSR count). The SMILES string of the molecule is CC(=O)NCCOc1cccc(NC(=O)OC(C)(C)C)c1. The van der Waals surface area contributed by atoms with Crippen molar-refractivity contribution in [1.29, 1.82) is 0 Å². The highest BCUT2D eigenvalue weighted by Crippen LogP contribution is 2.18. The second kappa shape index (κ2) is 7.52. The molecule has 6 nitrogen and oxygen atoms in total. The quantitative estimate of drug-likeness (QED) is 0.818. The second-order valence-electron chi connectivity index (χ2n) is 5.49. The molecule has 0 fully saturated rings. The lowest BCUT2D eigenvalue weighted by Crippen LogP contribution is -2.27. The van der Waals surface area contributed by atoms with E-state index in [-0.39, 0.29) is 5.91 Å². The van der Waals surface area contributed by atoms with Crippen molar-refractivity contribution in [2.75, 3.05) is 18.5 Å². The van der Waals surface area contributed by atoms with Crippen LogP contribution >= 0.6 is 0 Å². The van der Waals surface area contributed by atoms with Crippen molar-refractivity contribution in [3.8, 4) is 5.75 Å². The van der Waals surface area contributed by atoms with E-state index in [1.54, 1.807) is 45.0 Å². The van der Waals surface area contributed by atoms with Gasteiger partial charge in [0.15, 0.2) is 0 Å². The maximum Gasteiger partial charge on any atom is 0.412 e. The minimum absolute atomic E-state index is 0.0982. The van der Waals surface area contributed by atoms with Crippen molar-refractivity contribution in [3.05, 3.63) is 24.3 Å². The Labute approximate surface area is 124 Å². The van der Waals surface area contributed by atoms with E-state index in [2.05, 4.69) is 10.6 Å². The zero-order chi connectivity index (χ0) is 15.9. The Morgan fingerprint density at radius 1 is 1.24 bits per heavy atom. The van der Waals surface area contributed by atoms with Crippen LogP contribution in [0.25, 0.3) is 0 Å². The van der Waals surface area contributed by atoms with Crippen LogP contribution in [0.5, 0.6) is 5.75 Å². The summed E-state index contributed by atoms with van der Waals surface area (Å²) in [4.78, 5) is 22.4. The first kappa shape index (κ1) is 16.8. The molecule has 6 heteroatoms. The summed E-state index contributed by atoms with van der Waals surface area (Å²) in [5.41, 5.74) is 0.0394. The molecule has 0 aliphatic heterocycles. The second-order valence-corrected chi connectivity index (χ2v) is 5.49. The zero-order valence-electron chi connectivity index (χ0n) is 12.9. The molecule has 2 amide bonds. The molecule has 0 saturated heterocycles. The number of benzene rings is 1. The first-order valence-corrected chi connectivity index (χ1v) is 6.73. The lowest BCUT2D eigenvalue weighted by atomic mass is 10.2. The molecule has 0 aliphatic carbocycles. The maximum absolute atomic E-state index is 11.7. The number of nitrogens with one attached hydrogen (secondary N) is 2. The molecular weight excluding hydrogens is 272 g/mol. The normalized spacial score (nSPS) is 10.7. The average molecular weight is 294 g/mol. The number of carbonyl (C=O) groups is 2. The minimum Gasteiger partial charge on any atom is -0.492 e. The first-order valence-electron chi connectivity index (χ1n) is 6.73. The van der Waals surface area contributed by atoms with Crippen LogP contribution < -0.4 is 15.4 Å². The van der Waals surface area contributed by atoms with E-state index in [0.717, 1.165) is 0 Å². The molecule has 0 aromatic heterocycles. The molecule has 0 atom stereocenters. The molecule has 1 aromatic carbocycles. The van der Waals surface area contributed by atoms with Crippen LogP contribution in [0.4, 0.5) is 10.5 Å². The fraction of sp³-hybridized carbons (Fsp3) is 0.467. The number of ether oxygens (including phenoxy) is 2. The van der Waals surface area contributed by atoms with Crippen molar-refractivity contribution in [2.24, 2.45) is 0 Å². The van der Waals surface area contributed by atoms with Gasteiger partial charge in [-0.25, -0.2) is 4.79 Å². The van der Waals surface area contributed by atoms with Gasteiger partial charge in [-0.3, -0.25) is 10.1 Å². The molecule has 0 aliphatic rings. The lowest BCUT2D eigenvalue weighted by molar-refractivity contribution is -0.119. The number of amides is 2. The number of hydrogen-bond acceptors (Lipinski definition) is 4. The smallest absolute Gasteiger partial charge is 0.412 e. The van der Waals surface area contributed by atoms with Crippen LogP contribution in [0.2, 0.25) is 0 Å². The highest BCUT2D eigenvalue weighted by molar-refractivity contribution is 5.85. The summed E-state index contributed by atoms with van der Waals surface area (Å²) in [6.07, 6.45) is -0.516. The summed E-state index contributed by atoms with van der Waals surface area (Å²) in [6.45, 7) is 7.64. The van der Waals surface area contributed by atoms with Gasteiger partial charge >= 0.3 is 6.09 Å². The zero-order valence-corrected chi connectivity index (χ0v) is 12.9. The summed E-state index contributed by atoms with van der Waals surface area (Å²) in [5, 5.41) is 5.27. The van der Waals surface area contributed by atoms with Gasteiger partial charge in [0.25, 0.3) is 0 Å². The third-order valence-electron chi connectivity index (χ3n) is 2.22. The first-order chi connectivity index (χ1) is 9.76. The van der Waals surface area contributed by atoms with E-state index < -0.39 is 11.7 Å². The predicted molar refractivity (Wildman–Crippen MR) is 80.5 cm³/mol. The Hall–Kier alpha value is -2.24. The van der Waals surface area contributed by atoms with E-state index >= 15 is 0 Å². The minimum atomic E-state index is -0.545. The maximum atomic E-state index is 11.7. The van der Waals surface area contributed by atoms with Crippen LogP contribution in [-0.4, -0.2) is 30.8 Å². The number of anilines is 1. The topological polar surface area (TPSA) is 76.7 Å². The standard InChI is InChI=1S/C15H22N2O4/c1-11(18)16-8-9-20-13-7-5-6-12(10-13)17-14(19)21-15(2,3)4/h5-7,10H,8-9H2,1-4H3,(H,16,18)(H,17,19). The Morgan fingerprint density at radius 2 is 1.95 bits per heavy atom. The largest absolute Gasteiger partial charge is 0.492 e. The molecule has 0 spiro atoms. The Bertz CT molecular complexity index is 495. The van der Waals surface area contributed by atoms with Gasteiger partial charge in [-0.2, -0.15) is 0 Å². The molecule has 0 unspecified atom stereocenters.